The molecular formula is C11H17N5. The van der Waals surface area contributed by atoms with Crippen LogP contribution < -0.4 is 5.73 Å². The molecule has 2 aromatic heterocycles. The molecule has 0 spiro atoms. The Morgan fingerprint density at radius 1 is 1.31 bits per heavy atom. The van der Waals surface area contributed by atoms with Crippen molar-refractivity contribution >= 4 is 0 Å². The number of aryl methyl sites for hydroxylation is 2. The average molecular weight is 219 g/mol. The molecule has 0 aromatic carbocycles. The van der Waals surface area contributed by atoms with Gasteiger partial charge >= 0.3 is 0 Å². The van der Waals surface area contributed by atoms with Crippen LogP contribution in [-0.2, 0) is 13.1 Å². The molecule has 16 heavy (non-hydrogen) atoms. The molecule has 2 heterocycles. The molecular weight excluding hydrogens is 202 g/mol. The second-order valence-corrected chi connectivity index (χ2v) is 3.95. The van der Waals surface area contributed by atoms with E-state index < -0.39 is 0 Å². The van der Waals surface area contributed by atoms with Crippen LogP contribution in [0.5, 0.6) is 0 Å². The van der Waals surface area contributed by atoms with Crippen molar-refractivity contribution in [1.29, 1.82) is 0 Å². The van der Waals surface area contributed by atoms with E-state index in [1.165, 1.54) is 0 Å². The third kappa shape index (κ3) is 2.49. The van der Waals surface area contributed by atoms with Crippen LogP contribution in [0.25, 0.3) is 0 Å². The fraction of sp³-hybridized carbons (Fsp3) is 0.455. The molecule has 0 bridgehead atoms. The lowest BCUT2D eigenvalue weighted by Gasteiger charge is -2.10. The van der Waals surface area contributed by atoms with E-state index in [2.05, 4.69) is 19.1 Å². The number of hydrogen-bond donors (Lipinski definition) is 1. The Hall–Kier alpha value is -1.62. The van der Waals surface area contributed by atoms with Gasteiger partial charge in [0.05, 0.1) is 18.3 Å². The van der Waals surface area contributed by atoms with Crippen LogP contribution in [0.15, 0.2) is 31.2 Å². The molecule has 0 aliphatic carbocycles. The standard InChI is InChI=1S/C11H17N5/c1-10(12)11-7-14-9-16(11)5-2-4-15-6-3-13-8-15/h3,6-10H,2,4-5,12H2,1H3. The Bertz CT molecular complexity index is 415. The van der Waals surface area contributed by atoms with E-state index in [4.69, 9.17) is 5.73 Å². The quantitative estimate of drug-likeness (QED) is 0.821. The van der Waals surface area contributed by atoms with E-state index in [-0.39, 0.29) is 6.04 Å². The fourth-order valence-electron chi connectivity index (χ4n) is 1.74. The van der Waals surface area contributed by atoms with Gasteiger partial charge in [-0.2, -0.15) is 0 Å². The van der Waals surface area contributed by atoms with Crippen molar-refractivity contribution in [1.82, 2.24) is 19.1 Å². The molecule has 2 N–H and O–H groups in total. The first-order valence-corrected chi connectivity index (χ1v) is 5.48. The minimum atomic E-state index is 0.0377. The lowest BCUT2D eigenvalue weighted by molar-refractivity contribution is 0.540. The molecule has 1 unspecified atom stereocenters. The maximum absolute atomic E-state index is 5.85. The highest BCUT2D eigenvalue weighted by molar-refractivity contribution is 5.02. The summed E-state index contributed by atoms with van der Waals surface area (Å²) in [5.74, 6) is 0. The molecule has 0 aliphatic heterocycles. The summed E-state index contributed by atoms with van der Waals surface area (Å²) >= 11 is 0. The van der Waals surface area contributed by atoms with Crippen molar-refractivity contribution in [3.63, 3.8) is 0 Å². The van der Waals surface area contributed by atoms with Crippen molar-refractivity contribution in [2.24, 2.45) is 5.73 Å². The van der Waals surface area contributed by atoms with Crippen molar-refractivity contribution in [2.75, 3.05) is 0 Å². The van der Waals surface area contributed by atoms with Crippen LogP contribution in [0.4, 0.5) is 0 Å². The molecule has 86 valence electrons. The molecule has 0 fully saturated rings. The van der Waals surface area contributed by atoms with Gasteiger partial charge in [0.2, 0.25) is 0 Å². The highest BCUT2D eigenvalue weighted by Gasteiger charge is 2.05. The molecule has 2 aromatic rings. The van der Waals surface area contributed by atoms with E-state index in [0.29, 0.717) is 0 Å². The minimum Gasteiger partial charge on any atom is -0.337 e. The largest absolute Gasteiger partial charge is 0.337 e. The van der Waals surface area contributed by atoms with E-state index in [1.54, 1.807) is 6.20 Å². The lowest BCUT2D eigenvalue weighted by atomic mass is 10.2. The van der Waals surface area contributed by atoms with Crippen LogP contribution in [0.3, 0.4) is 0 Å². The Balaban J connectivity index is 1.87. The van der Waals surface area contributed by atoms with Gasteiger partial charge in [0.15, 0.2) is 0 Å². The Labute approximate surface area is 94.9 Å². The molecule has 5 heteroatoms. The van der Waals surface area contributed by atoms with Crippen molar-refractivity contribution in [3.05, 3.63) is 36.9 Å². The van der Waals surface area contributed by atoms with Crippen molar-refractivity contribution < 1.29 is 0 Å². The molecule has 0 radical (unpaired) electrons. The molecule has 1 atom stereocenters. The topological polar surface area (TPSA) is 61.7 Å². The average Bonchev–Trinajstić information content (AvgIpc) is 2.87. The highest BCUT2D eigenvalue weighted by Crippen LogP contribution is 2.09. The van der Waals surface area contributed by atoms with Gasteiger partial charge in [0.1, 0.15) is 0 Å². The second-order valence-electron chi connectivity index (χ2n) is 3.95. The maximum Gasteiger partial charge on any atom is 0.0948 e. The summed E-state index contributed by atoms with van der Waals surface area (Å²) in [4.78, 5) is 8.13. The van der Waals surface area contributed by atoms with Gasteiger partial charge in [-0.3, -0.25) is 0 Å². The number of imidazole rings is 2. The van der Waals surface area contributed by atoms with E-state index >= 15 is 0 Å². The first-order chi connectivity index (χ1) is 7.77. The van der Waals surface area contributed by atoms with Crippen LogP contribution in [-0.4, -0.2) is 19.1 Å². The molecule has 2 rings (SSSR count). The van der Waals surface area contributed by atoms with E-state index in [1.807, 2.05) is 32.0 Å². The third-order valence-electron chi connectivity index (χ3n) is 2.59. The summed E-state index contributed by atoms with van der Waals surface area (Å²) < 4.78 is 4.18. The van der Waals surface area contributed by atoms with Crippen molar-refractivity contribution in [2.45, 2.75) is 32.5 Å². The fourth-order valence-corrected chi connectivity index (χ4v) is 1.74. The molecule has 0 saturated carbocycles. The Kier molecular flexibility index (Phi) is 3.36. The Morgan fingerprint density at radius 3 is 2.88 bits per heavy atom. The van der Waals surface area contributed by atoms with Crippen LogP contribution in [0, 0.1) is 0 Å². The summed E-state index contributed by atoms with van der Waals surface area (Å²) in [6.07, 6.45) is 10.3. The monoisotopic (exact) mass is 219 g/mol. The zero-order valence-corrected chi connectivity index (χ0v) is 9.45. The molecule has 5 nitrogen and oxygen atoms in total. The normalized spacial score (nSPS) is 12.9. The van der Waals surface area contributed by atoms with Gasteiger partial charge in [-0.05, 0) is 13.3 Å². The second kappa shape index (κ2) is 4.94. The third-order valence-corrected chi connectivity index (χ3v) is 2.59. The number of rotatable bonds is 5. The zero-order valence-electron chi connectivity index (χ0n) is 9.45. The van der Waals surface area contributed by atoms with Crippen molar-refractivity contribution in [3.8, 4) is 0 Å². The first-order valence-electron chi connectivity index (χ1n) is 5.48. The van der Waals surface area contributed by atoms with Crippen LogP contribution >= 0.6 is 0 Å². The summed E-state index contributed by atoms with van der Waals surface area (Å²) in [5.41, 5.74) is 6.94. The van der Waals surface area contributed by atoms with E-state index in [9.17, 15) is 0 Å². The van der Waals surface area contributed by atoms with Gasteiger partial charge in [0, 0.05) is 37.7 Å². The summed E-state index contributed by atoms with van der Waals surface area (Å²) in [6, 6.07) is 0.0377. The van der Waals surface area contributed by atoms with E-state index in [0.717, 1.165) is 25.2 Å². The maximum atomic E-state index is 5.85. The predicted octanol–water partition coefficient (Wildman–Crippen LogP) is 1.19. The van der Waals surface area contributed by atoms with Crippen LogP contribution in [0.2, 0.25) is 0 Å². The van der Waals surface area contributed by atoms with Gasteiger partial charge in [-0.1, -0.05) is 0 Å². The molecule has 0 amide bonds. The molecule has 0 aliphatic rings. The van der Waals surface area contributed by atoms with Gasteiger partial charge in [-0.25, -0.2) is 9.97 Å². The first kappa shape index (κ1) is 10.9. The summed E-state index contributed by atoms with van der Waals surface area (Å²) in [5, 5.41) is 0. The number of aromatic nitrogens is 4. The predicted molar refractivity (Wildman–Crippen MR) is 61.7 cm³/mol. The number of hydrogen-bond acceptors (Lipinski definition) is 3. The SMILES string of the molecule is CC(N)c1cncn1CCCn1ccnc1. The number of nitrogens with two attached hydrogens (primary N) is 1. The minimum absolute atomic E-state index is 0.0377. The highest BCUT2D eigenvalue weighted by atomic mass is 15.1. The smallest absolute Gasteiger partial charge is 0.0948 e. The summed E-state index contributed by atoms with van der Waals surface area (Å²) in [7, 11) is 0. The Morgan fingerprint density at radius 2 is 2.19 bits per heavy atom. The zero-order chi connectivity index (χ0) is 11.4. The van der Waals surface area contributed by atoms with Gasteiger partial charge < -0.3 is 14.9 Å². The number of nitrogens with zero attached hydrogens (tertiary/aromatic N) is 4. The lowest BCUT2D eigenvalue weighted by Crippen LogP contribution is -2.12. The van der Waals surface area contributed by atoms with Gasteiger partial charge in [0.25, 0.3) is 0 Å². The van der Waals surface area contributed by atoms with Crippen LogP contribution in [0.1, 0.15) is 25.1 Å². The molecule has 0 saturated heterocycles. The summed E-state index contributed by atoms with van der Waals surface area (Å²) in [6.45, 7) is 3.88. The van der Waals surface area contributed by atoms with Gasteiger partial charge in [-0.15, -0.1) is 0 Å².